The molecule has 10 nitrogen and oxygen atoms in total. The standard InChI is InChI=1S/C14H12N6O4/c1-23-14-17-5-9(6-18-14)13(22)16-7-11-19-12(20-24-11)8-2-3-15-10(21)4-8/h2-6H,7H2,1H3,(H,15,21)(H,16,22). The van der Waals surface area contributed by atoms with E-state index in [1.54, 1.807) is 6.07 Å². The van der Waals surface area contributed by atoms with Gasteiger partial charge in [0.15, 0.2) is 0 Å². The van der Waals surface area contributed by atoms with Crippen molar-refractivity contribution in [3.05, 3.63) is 52.5 Å². The van der Waals surface area contributed by atoms with Crippen LogP contribution in [-0.4, -0.2) is 38.1 Å². The third-order valence-electron chi connectivity index (χ3n) is 2.97. The van der Waals surface area contributed by atoms with Crippen LogP contribution in [0.1, 0.15) is 16.2 Å². The molecule has 0 bridgehead atoms. The van der Waals surface area contributed by atoms with E-state index in [1.807, 2.05) is 0 Å². The predicted molar refractivity (Wildman–Crippen MR) is 80.1 cm³/mol. The number of aromatic nitrogens is 5. The molecule has 0 spiro atoms. The molecule has 0 atom stereocenters. The van der Waals surface area contributed by atoms with Crippen molar-refractivity contribution in [1.29, 1.82) is 0 Å². The van der Waals surface area contributed by atoms with Gasteiger partial charge in [-0.2, -0.15) is 4.98 Å². The number of ether oxygens (including phenoxy) is 1. The number of amides is 1. The van der Waals surface area contributed by atoms with Crippen LogP contribution in [0.4, 0.5) is 0 Å². The van der Waals surface area contributed by atoms with Gasteiger partial charge in [0.05, 0.1) is 19.2 Å². The lowest BCUT2D eigenvalue weighted by molar-refractivity contribution is 0.0945. The Morgan fingerprint density at radius 3 is 2.88 bits per heavy atom. The zero-order valence-electron chi connectivity index (χ0n) is 12.5. The van der Waals surface area contributed by atoms with Gasteiger partial charge in [0.2, 0.25) is 17.3 Å². The second-order valence-corrected chi connectivity index (χ2v) is 4.59. The van der Waals surface area contributed by atoms with Crippen LogP contribution >= 0.6 is 0 Å². The first-order chi connectivity index (χ1) is 11.7. The number of hydrogen-bond donors (Lipinski definition) is 2. The monoisotopic (exact) mass is 328 g/mol. The number of carbonyl (C=O) groups is 1. The van der Waals surface area contributed by atoms with Gasteiger partial charge in [0, 0.05) is 30.2 Å². The molecular weight excluding hydrogens is 316 g/mol. The van der Waals surface area contributed by atoms with Crippen molar-refractivity contribution in [3.8, 4) is 17.4 Å². The van der Waals surface area contributed by atoms with E-state index in [4.69, 9.17) is 9.26 Å². The molecule has 0 aliphatic carbocycles. The van der Waals surface area contributed by atoms with E-state index >= 15 is 0 Å². The fourth-order valence-electron chi connectivity index (χ4n) is 1.82. The first kappa shape index (κ1) is 15.3. The highest BCUT2D eigenvalue weighted by atomic mass is 16.5. The van der Waals surface area contributed by atoms with Gasteiger partial charge >= 0.3 is 6.01 Å². The summed E-state index contributed by atoms with van der Waals surface area (Å²) in [7, 11) is 1.43. The number of nitrogens with zero attached hydrogens (tertiary/aromatic N) is 4. The summed E-state index contributed by atoms with van der Waals surface area (Å²) in [5, 5.41) is 6.37. The highest BCUT2D eigenvalue weighted by Gasteiger charge is 2.12. The smallest absolute Gasteiger partial charge is 0.316 e. The zero-order valence-corrected chi connectivity index (χ0v) is 12.5. The molecule has 0 aliphatic heterocycles. The molecule has 0 aromatic carbocycles. The molecule has 1 amide bonds. The summed E-state index contributed by atoms with van der Waals surface area (Å²) in [6.07, 6.45) is 4.17. The Labute approximate surface area is 134 Å². The Kier molecular flexibility index (Phi) is 4.27. The van der Waals surface area contributed by atoms with E-state index in [2.05, 4.69) is 30.4 Å². The van der Waals surface area contributed by atoms with Gasteiger partial charge in [-0.1, -0.05) is 5.16 Å². The highest BCUT2D eigenvalue weighted by Crippen LogP contribution is 2.12. The summed E-state index contributed by atoms with van der Waals surface area (Å²) in [6, 6.07) is 3.16. The SMILES string of the molecule is COc1ncc(C(=O)NCc2nc(-c3cc[nH]c(=O)c3)no2)cn1. The second-order valence-electron chi connectivity index (χ2n) is 4.59. The maximum absolute atomic E-state index is 12.0. The van der Waals surface area contributed by atoms with E-state index in [9.17, 15) is 9.59 Å². The lowest BCUT2D eigenvalue weighted by atomic mass is 10.2. The summed E-state index contributed by atoms with van der Waals surface area (Å²) in [4.78, 5) is 37.5. The van der Waals surface area contributed by atoms with Crippen LogP contribution in [0.5, 0.6) is 6.01 Å². The van der Waals surface area contributed by atoms with E-state index in [0.29, 0.717) is 5.56 Å². The highest BCUT2D eigenvalue weighted by molar-refractivity contribution is 5.93. The largest absolute Gasteiger partial charge is 0.467 e. The molecule has 0 radical (unpaired) electrons. The summed E-state index contributed by atoms with van der Waals surface area (Å²) >= 11 is 0. The van der Waals surface area contributed by atoms with Gasteiger partial charge in [-0.25, -0.2) is 9.97 Å². The van der Waals surface area contributed by atoms with Crippen LogP contribution in [0, 0.1) is 0 Å². The summed E-state index contributed by atoms with van der Waals surface area (Å²) in [5.74, 6) is 0.0692. The van der Waals surface area contributed by atoms with Crippen LogP contribution in [0.15, 0.2) is 40.0 Å². The molecule has 3 aromatic rings. The Morgan fingerprint density at radius 2 is 2.17 bits per heavy atom. The van der Waals surface area contributed by atoms with E-state index in [1.165, 1.54) is 31.8 Å². The number of nitrogens with one attached hydrogen (secondary N) is 2. The average Bonchev–Trinajstić information content (AvgIpc) is 3.09. The van der Waals surface area contributed by atoms with Gasteiger partial charge in [0.1, 0.15) is 0 Å². The third-order valence-corrected chi connectivity index (χ3v) is 2.97. The Hall–Kier alpha value is -3.56. The third kappa shape index (κ3) is 3.43. The summed E-state index contributed by atoms with van der Waals surface area (Å²) in [6.45, 7) is 0.0288. The number of H-pyrrole nitrogens is 1. The van der Waals surface area contributed by atoms with Gasteiger partial charge in [-0.05, 0) is 6.07 Å². The van der Waals surface area contributed by atoms with Crippen molar-refractivity contribution < 1.29 is 14.1 Å². The normalized spacial score (nSPS) is 10.4. The fraction of sp³-hybridized carbons (Fsp3) is 0.143. The Balaban J connectivity index is 1.64. The number of aromatic amines is 1. The minimum absolute atomic E-state index is 0.0288. The molecule has 24 heavy (non-hydrogen) atoms. The second kappa shape index (κ2) is 6.69. The van der Waals surface area contributed by atoms with Crippen molar-refractivity contribution in [2.75, 3.05) is 7.11 Å². The van der Waals surface area contributed by atoms with Crippen LogP contribution < -0.4 is 15.6 Å². The lowest BCUT2D eigenvalue weighted by Gasteiger charge is -2.02. The van der Waals surface area contributed by atoms with Crippen LogP contribution in [0.25, 0.3) is 11.4 Å². The predicted octanol–water partition coefficient (Wildman–Crippen LogP) is 0.153. The minimum Gasteiger partial charge on any atom is -0.467 e. The van der Waals surface area contributed by atoms with Gasteiger partial charge in [-0.3, -0.25) is 9.59 Å². The average molecular weight is 328 g/mol. The first-order valence-electron chi connectivity index (χ1n) is 6.81. The van der Waals surface area contributed by atoms with Gasteiger partial charge in [0.25, 0.3) is 5.91 Å². The molecule has 2 N–H and O–H groups in total. The molecule has 0 saturated carbocycles. The molecule has 3 heterocycles. The molecule has 0 saturated heterocycles. The molecule has 10 heteroatoms. The summed E-state index contributed by atoms with van der Waals surface area (Å²) < 4.78 is 9.86. The van der Waals surface area contributed by atoms with Crippen LogP contribution in [0.2, 0.25) is 0 Å². The van der Waals surface area contributed by atoms with Crippen molar-refractivity contribution in [2.24, 2.45) is 0 Å². The first-order valence-corrected chi connectivity index (χ1v) is 6.81. The molecular formula is C14H12N6O4. The number of carbonyl (C=O) groups excluding carboxylic acids is 1. The Morgan fingerprint density at radius 1 is 1.38 bits per heavy atom. The van der Waals surface area contributed by atoms with Crippen molar-refractivity contribution in [2.45, 2.75) is 6.54 Å². The maximum Gasteiger partial charge on any atom is 0.316 e. The van der Waals surface area contributed by atoms with Crippen molar-refractivity contribution >= 4 is 5.91 Å². The summed E-state index contributed by atoms with van der Waals surface area (Å²) in [5.41, 5.74) is 0.514. The number of rotatable bonds is 5. The quantitative estimate of drug-likeness (QED) is 0.675. The van der Waals surface area contributed by atoms with E-state index in [-0.39, 0.29) is 35.4 Å². The zero-order chi connectivity index (χ0) is 16.9. The molecule has 122 valence electrons. The molecule has 3 rings (SSSR count). The van der Waals surface area contributed by atoms with Crippen LogP contribution in [0.3, 0.4) is 0 Å². The fourth-order valence-corrected chi connectivity index (χ4v) is 1.82. The minimum atomic E-state index is -0.395. The number of methoxy groups -OCH3 is 1. The number of hydrogen-bond acceptors (Lipinski definition) is 8. The topological polar surface area (TPSA) is 136 Å². The van der Waals surface area contributed by atoms with E-state index in [0.717, 1.165) is 0 Å². The molecule has 0 fully saturated rings. The van der Waals surface area contributed by atoms with Crippen molar-refractivity contribution in [3.63, 3.8) is 0 Å². The molecule has 3 aromatic heterocycles. The van der Waals surface area contributed by atoms with Crippen molar-refractivity contribution in [1.82, 2.24) is 30.4 Å². The molecule has 0 unspecified atom stereocenters. The maximum atomic E-state index is 12.0. The van der Waals surface area contributed by atoms with Gasteiger partial charge < -0.3 is 19.6 Å². The van der Waals surface area contributed by atoms with Gasteiger partial charge in [-0.15, -0.1) is 0 Å². The Bertz CT molecular complexity index is 902. The lowest BCUT2D eigenvalue weighted by Crippen LogP contribution is -2.23. The van der Waals surface area contributed by atoms with Crippen LogP contribution in [-0.2, 0) is 6.54 Å². The molecule has 0 aliphatic rings. The number of pyridine rings is 1. The van der Waals surface area contributed by atoms with E-state index < -0.39 is 5.91 Å².